The summed E-state index contributed by atoms with van der Waals surface area (Å²) >= 11 is 0. The lowest BCUT2D eigenvalue weighted by Crippen LogP contribution is -2.31. The van der Waals surface area contributed by atoms with Crippen molar-refractivity contribution in [3.05, 3.63) is 54.5 Å². The number of hydrogen-bond acceptors (Lipinski definition) is 8. The highest BCUT2D eigenvalue weighted by molar-refractivity contribution is 5.58. The summed E-state index contributed by atoms with van der Waals surface area (Å²) < 4.78 is 7.22. The molecule has 0 amide bonds. The smallest absolute Gasteiger partial charge is 0.261 e. The van der Waals surface area contributed by atoms with Crippen LogP contribution in [-0.4, -0.2) is 34.9 Å². The highest BCUT2D eigenvalue weighted by atomic mass is 16.5. The predicted molar refractivity (Wildman–Crippen MR) is 107 cm³/mol. The zero-order valence-electron chi connectivity index (χ0n) is 16.7. The first-order valence-electron chi connectivity index (χ1n) is 9.25. The number of nitrogen functional groups attached to an aromatic ring is 1. The van der Waals surface area contributed by atoms with Crippen LogP contribution in [0.25, 0.3) is 22.7 Å². The normalized spacial score (nSPS) is 13.6. The molecule has 9 heteroatoms. The summed E-state index contributed by atoms with van der Waals surface area (Å²) in [6.07, 6.45) is 8.70. The quantitative estimate of drug-likeness (QED) is 0.552. The van der Waals surface area contributed by atoms with Crippen LogP contribution in [0.5, 0.6) is 0 Å². The van der Waals surface area contributed by atoms with E-state index < -0.39 is 5.41 Å². The summed E-state index contributed by atoms with van der Waals surface area (Å²) in [5.41, 5.74) is 8.43. The molecule has 0 bridgehead atoms. The largest absolute Gasteiger partial charge is 0.368 e. The standard InChI is InChI=1S/C20H22N8O/c1-12(2)20(3,18-26-17(29-27-18)14-9-25-28(4)11-14)15-5-6-16(22-10-15)13-7-23-19(21)24-8-13/h5-12H,1-4H3,(H2,21,23,24)/t20-/m1/s1. The lowest BCUT2D eigenvalue weighted by atomic mass is 9.73. The zero-order chi connectivity index (χ0) is 20.6. The Morgan fingerprint density at radius 2 is 1.79 bits per heavy atom. The van der Waals surface area contributed by atoms with Crippen LogP contribution in [0.15, 0.2) is 47.6 Å². The molecule has 4 rings (SSSR count). The van der Waals surface area contributed by atoms with E-state index >= 15 is 0 Å². The van der Waals surface area contributed by atoms with Gasteiger partial charge in [-0.05, 0) is 24.5 Å². The molecule has 0 aliphatic carbocycles. The van der Waals surface area contributed by atoms with Gasteiger partial charge in [-0.1, -0.05) is 25.1 Å². The van der Waals surface area contributed by atoms with Gasteiger partial charge in [0.1, 0.15) is 0 Å². The van der Waals surface area contributed by atoms with Crippen molar-refractivity contribution in [3.8, 4) is 22.7 Å². The maximum Gasteiger partial charge on any atom is 0.261 e. The van der Waals surface area contributed by atoms with E-state index in [1.165, 1.54) is 0 Å². The van der Waals surface area contributed by atoms with Gasteiger partial charge in [-0.25, -0.2) is 9.97 Å². The summed E-state index contributed by atoms with van der Waals surface area (Å²) in [7, 11) is 1.85. The topological polar surface area (TPSA) is 121 Å². The number of aryl methyl sites for hydroxylation is 1. The molecule has 4 aromatic heterocycles. The van der Waals surface area contributed by atoms with Gasteiger partial charge in [0.25, 0.3) is 5.89 Å². The van der Waals surface area contributed by atoms with Gasteiger partial charge in [-0.3, -0.25) is 9.67 Å². The van der Waals surface area contributed by atoms with Gasteiger partial charge in [0.2, 0.25) is 5.95 Å². The molecule has 0 unspecified atom stereocenters. The molecule has 0 spiro atoms. The molecule has 0 aliphatic rings. The minimum atomic E-state index is -0.479. The Kier molecular flexibility index (Phi) is 4.57. The van der Waals surface area contributed by atoms with Gasteiger partial charge in [-0.2, -0.15) is 10.1 Å². The first kappa shape index (κ1) is 18.7. The van der Waals surface area contributed by atoms with Crippen LogP contribution in [0.1, 0.15) is 32.2 Å². The fourth-order valence-corrected chi connectivity index (χ4v) is 3.15. The zero-order valence-corrected chi connectivity index (χ0v) is 16.7. The van der Waals surface area contributed by atoms with Gasteiger partial charge in [0, 0.05) is 37.4 Å². The number of anilines is 1. The van der Waals surface area contributed by atoms with Gasteiger partial charge < -0.3 is 10.3 Å². The van der Waals surface area contributed by atoms with Crippen molar-refractivity contribution in [2.24, 2.45) is 13.0 Å². The van der Waals surface area contributed by atoms with E-state index in [0.717, 1.165) is 22.4 Å². The van der Waals surface area contributed by atoms with Crippen LogP contribution in [0, 0.1) is 5.92 Å². The van der Waals surface area contributed by atoms with E-state index in [-0.39, 0.29) is 11.9 Å². The molecule has 148 valence electrons. The van der Waals surface area contributed by atoms with Crippen LogP contribution in [0.2, 0.25) is 0 Å². The fraction of sp³-hybridized carbons (Fsp3) is 0.300. The number of rotatable bonds is 5. The molecule has 0 saturated heterocycles. The Morgan fingerprint density at radius 1 is 1.03 bits per heavy atom. The summed E-state index contributed by atoms with van der Waals surface area (Å²) in [5.74, 6) is 1.49. The van der Waals surface area contributed by atoms with Crippen molar-refractivity contribution >= 4 is 5.95 Å². The number of pyridine rings is 1. The van der Waals surface area contributed by atoms with Crippen molar-refractivity contribution in [1.29, 1.82) is 0 Å². The molecule has 0 fully saturated rings. The Morgan fingerprint density at radius 3 is 2.38 bits per heavy atom. The van der Waals surface area contributed by atoms with Crippen LogP contribution in [0.3, 0.4) is 0 Å². The summed E-state index contributed by atoms with van der Waals surface area (Å²) in [4.78, 5) is 17.3. The average Bonchev–Trinajstić information content (AvgIpc) is 3.37. The Labute approximate surface area is 168 Å². The van der Waals surface area contributed by atoms with E-state index in [2.05, 4.69) is 51.0 Å². The van der Waals surface area contributed by atoms with Gasteiger partial charge in [0.15, 0.2) is 5.82 Å². The van der Waals surface area contributed by atoms with Crippen molar-refractivity contribution in [1.82, 2.24) is 34.9 Å². The van der Waals surface area contributed by atoms with Crippen LogP contribution in [0.4, 0.5) is 5.95 Å². The van der Waals surface area contributed by atoms with Crippen LogP contribution >= 0.6 is 0 Å². The maximum atomic E-state index is 5.56. The molecule has 0 aliphatic heterocycles. The Balaban J connectivity index is 1.70. The van der Waals surface area contributed by atoms with Crippen molar-refractivity contribution in [2.75, 3.05) is 5.73 Å². The number of hydrogen-bond donors (Lipinski definition) is 1. The first-order valence-corrected chi connectivity index (χ1v) is 9.25. The number of aromatic nitrogens is 7. The summed E-state index contributed by atoms with van der Waals surface area (Å²) in [6, 6.07) is 3.96. The molecule has 0 aromatic carbocycles. The minimum Gasteiger partial charge on any atom is -0.368 e. The lowest BCUT2D eigenvalue weighted by Gasteiger charge is -2.30. The van der Waals surface area contributed by atoms with Crippen LogP contribution in [-0.2, 0) is 12.5 Å². The van der Waals surface area contributed by atoms with Crippen molar-refractivity contribution in [3.63, 3.8) is 0 Å². The molecule has 0 saturated carbocycles. The molecule has 29 heavy (non-hydrogen) atoms. The highest BCUT2D eigenvalue weighted by Gasteiger charge is 2.38. The van der Waals surface area contributed by atoms with Crippen molar-refractivity contribution in [2.45, 2.75) is 26.2 Å². The fourth-order valence-electron chi connectivity index (χ4n) is 3.15. The Hall–Kier alpha value is -3.62. The van der Waals surface area contributed by atoms with Crippen molar-refractivity contribution < 1.29 is 4.52 Å². The van der Waals surface area contributed by atoms with Gasteiger partial charge >= 0.3 is 0 Å². The third kappa shape index (κ3) is 3.35. The van der Waals surface area contributed by atoms with E-state index in [1.807, 2.05) is 31.6 Å². The molecular weight excluding hydrogens is 368 g/mol. The SMILES string of the molecule is CC(C)[C@](C)(c1ccc(-c2cnc(N)nc2)nc1)c1noc(-c2cnn(C)c2)n1. The van der Waals surface area contributed by atoms with Crippen LogP contribution < -0.4 is 5.73 Å². The third-order valence-electron chi connectivity index (χ3n) is 5.33. The molecule has 9 nitrogen and oxygen atoms in total. The molecule has 4 heterocycles. The van der Waals surface area contributed by atoms with E-state index in [9.17, 15) is 0 Å². The molecule has 0 radical (unpaired) electrons. The van der Waals surface area contributed by atoms with E-state index in [0.29, 0.717) is 11.7 Å². The number of nitrogens with zero attached hydrogens (tertiary/aromatic N) is 7. The number of nitrogens with two attached hydrogens (primary N) is 1. The van der Waals surface area contributed by atoms with E-state index in [1.54, 1.807) is 23.3 Å². The van der Waals surface area contributed by atoms with Gasteiger partial charge in [0.05, 0.1) is 22.9 Å². The summed E-state index contributed by atoms with van der Waals surface area (Å²) in [6.45, 7) is 6.35. The molecular formula is C20H22N8O. The lowest BCUT2D eigenvalue weighted by molar-refractivity contribution is 0.350. The van der Waals surface area contributed by atoms with E-state index in [4.69, 9.17) is 10.3 Å². The van der Waals surface area contributed by atoms with Gasteiger partial charge in [-0.15, -0.1) is 0 Å². The average molecular weight is 390 g/mol. The minimum absolute atomic E-state index is 0.203. The second-order valence-corrected chi connectivity index (χ2v) is 7.44. The molecule has 1 atom stereocenters. The Bertz CT molecular complexity index is 1110. The molecule has 4 aromatic rings. The maximum absolute atomic E-state index is 5.56. The molecule has 2 N–H and O–H groups in total. The summed E-state index contributed by atoms with van der Waals surface area (Å²) in [5, 5.41) is 8.44. The predicted octanol–water partition coefficient (Wildman–Crippen LogP) is 2.87. The second-order valence-electron chi connectivity index (χ2n) is 7.44. The highest BCUT2D eigenvalue weighted by Crippen LogP contribution is 2.38. The monoisotopic (exact) mass is 390 g/mol. The first-order chi connectivity index (χ1) is 13.9. The second kappa shape index (κ2) is 7.08. The third-order valence-corrected chi connectivity index (χ3v) is 5.33.